The standard InChI is InChI=1S/C16H26O8/c1-7-9(2)15(23-12(5)19)16(24-13(6)20)14(22-11(4)18)8-21-10(3)17/h9,14-16H,7-8H2,1-6H3. The van der Waals surface area contributed by atoms with Gasteiger partial charge in [0.1, 0.15) is 12.7 Å². The van der Waals surface area contributed by atoms with E-state index in [0.717, 1.165) is 0 Å². The van der Waals surface area contributed by atoms with Gasteiger partial charge in [-0.2, -0.15) is 0 Å². The molecule has 0 amide bonds. The van der Waals surface area contributed by atoms with Gasteiger partial charge in [-0.1, -0.05) is 13.8 Å². The van der Waals surface area contributed by atoms with Crippen molar-refractivity contribution in [2.75, 3.05) is 6.61 Å². The predicted molar refractivity (Wildman–Crippen MR) is 82.8 cm³/mol. The molecule has 0 aromatic rings. The van der Waals surface area contributed by atoms with Gasteiger partial charge in [0.15, 0.2) is 12.2 Å². The van der Waals surface area contributed by atoms with E-state index < -0.39 is 42.2 Å². The van der Waals surface area contributed by atoms with E-state index >= 15 is 0 Å². The second-order valence-corrected chi connectivity index (χ2v) is 5.48. The van der Waals surface area contributed by atoms with E-state index in [9.17, 15) is 19.2 Å². The summed E-state index contributed by atoms with van der Waals surface area (Å²) in [7, 11) is 0. The fourth-order valence-electron chi connectivity index (χ4n) is 2.09. The number of rotatable bonds is 9. The van der Waals surface area contributed by atoms with Gasteiger partial charge in [-0.05, 0) is 12.3 Å². The molecule has 4 atom stereocenters. The Hall–Kier alpha value is -2.12. The fraction of sp³-hybridized carbons (Fsp3) is 0.750. The van der Waals surface area contributed by atoms with E-state index in [1.807, 2.05) is 6.92 Å². The predicted octanol–water partition coefficient (Wildman–Crippen LogP) is 1.39. The quantitative estimate of drug-likeness (QED) is 0.455. The number of ether oxygens (including phenoxy) is 4. The largest absolute Gasteiger partial charge is 0.462 e. The van der Waals surface area contributed by atoms with Gasteiger partial charge in [0.05, 0.1) is 0 Å². The van der Waals surface area contributed by atoms with Crippen molar-refractivity contribution in [3.63, 3.8) is 0 Å². The second-order valence-electron chi connectivity index (χ2n) is 5.48. The maximum Gasteiger partial charge on any atom is 0.303 e. The minimum Gasteiger partial charge on any atom is -0.462 e. The summed E-state index contributed by atoms with van der Waals surface area (Å²) >= 11 is 0. The molecule has 138 valence electrons. The van der Waals surface area contributed by atoms with Crippen molar-refractivity contribution in [1.29, 1.82) is 0 Å². The molecule has 8 nitrogen and oxygen atoms in total. The smallest absolute Gasteiger partial charge is 0.303 e. The van der Waals surface area contributed by atoms with Gasteiger partial charge in [0.25, 0.3) is 0 Å². The zero-order chi connectivity index (χ0) is 18.9. The lowest BCUT2D eigenvalue weighted by atomic mass is 9.93. The second kappa shape index (κ2) is 10.6. The minimum absolute atomic E-state index is 0.186. The van der Waals surface area contributed by atoms with Gasteiger partial charge < -0.3 is 18.9 Å². The van der Waals surface area contributed by atoms with Crippen LogP contribution in [0.25, 0.3) is 0 Å². The molecule has 0 bridgehead atoms. The first-order valence-electron chi connectivity index (χ1n) is 7.73. The number of hydrogen-bond acceptors (Lipinski definition) is 8. The van der Waals surface area contributed by atoms with E-state index in [1.165, 1.54) is 27.7 Å². The van der Waals surface area contributed by atoms with Gasteiger partial charge >= 0.3 is 23.9 Å². The van der Waals surface area contributed by atoms with Gasteiger partial charge in [0.2, 0.25) is 0 Å². The Morgan fingerprint density at radius 2 is 1.21 bits per heavy atom. The third-order valence-corrected chi connectivity index (χ3v) is 3.27. The van der Waals surface area contributed by atoms with Crippen LogP contribution in [0.2, 0.25) is 0 Å². The first-order valence-corrected chi connectivity index (χ1v) is 7.73. The van der Waals surface area contributed by atoms with E-state index in [4.69, 9.17) is 18.9 Å². The highest BCUT2D eigenvalue weighted by Crippen LogP contribution is 2.23. The first-order chi connectivity index (χ1) is 11.1. The highest BCUT2D eigenvalue weighted by atomic mass is 16.6. The number of carbonyl (C=O) groups is 4. The van der Waals surface area contributed by atoms with Crippen molar-refractivity contribution < 1.29 is 38.1 Å². The summed E-state index contributed by atoms with van der Waals surface area (Å²) in [5.41, 5.74) is 0. The highest BCUT2D eigenvalue weighted by molar-refractivity contribution is 5.68. The third-order valence-electron chi connectivity index (χ3n) is 3.27. The molecule has 0 aliphatic carbocycles. The molecular weight excluding hydrogens is 320 g/mol. The van der Waals surface area contributed by atoms with Crippen molar-refractivity contribution in [2.24, 2.45) is 5.92 Å². The van der Waals surface area contributed by atoms with E-state index in [-0.39, 0.29) is 12.5 Å². The lowest BCUT2D eigenvalue weighted by Crippen LogP contribution is -2.49. The highest BCUT2D eigenvalue weighted by Gasteiger charge is 2.40. The molecule has 0 heterocycles. The Bertz CT molecular complexity index is 459. The lowest BCUT2D eigenvalue weighted by Gasteiger charge is -2.34. The van der Waals surface area contributed by atoms with Crippen LogP contribution in [-0.4, -0.2) is 48.8 Å². The van der Waals surface area contributed by atoms with E-state index in [2.05, 4.69) is 0 Å². The monoisotopic (exact) mass is 346 g/mol. The summed E-state index contributed by atoms with van der Waals surface area (Å²) in [6, 6.07) is 0. The Balaban J connectivity index is 5.63. The Kier molecular flexibility index (Phi) is 9.68. The molecule has 0 saturated carbocycles. The molecule has 0 saturated heterocycles. The molecule has 0 aromatic heterocycles. The number of esters is 4. The fourth-order valence-corrected chi connectivity index (χ4v) is 2.09. The molecule has 0 aromatic carbocycles. The molecule has 0 rings (SSSR count). The molecule has 0 aliphatic heterocycles. The summed E-state index contributed by atoms with van der Waals surface area (Å²) in [4.78, 5) is 45.3. The molecular formula is C16H26O8. The van der Waals surface area contributed by atoms with Crippen LogP contribution in [0.5, 0.6) is 0 Å². The molecule has 0 spiro atoms. The van der Waals surface area contributed by atoms with Crippen LogP contribution in [0, 0.1) is 5.92 Å². The SMILES string of the molecule is CCC(C)C(OC(C)=O)C(OC(C)=O)C(COC(C)=O)OC(C)=O. The lowest BCUT2D eigenvalue weighted by molar-refractivity contribution is -0.193. The van der Waals surface area contributed by atoms with Crippen molar-refractivity contribution in [3.8, 4) is 0 Å². The van der Waals surface area contributed by atoms with Crippen LogP contribution in [0.4, 0.5) is 0 Å². The van der Waals surface area contributed by atoms with Crippen LogP contribution < -0.4 is 0 Å². The summed E-state index contributed by atoms with van der Waals surface area (Å²) < 4.78 is 20.6. The van der Waals surface area contributed by atoms with Crippen LogP contribution in [0.1, 0.15) is 48.0 Å². The zero-order valence-corrected chi connectivity index (χ0v) is 15.0. The van der Waals surface area contributed by atoms with Gasteiger partial charge in [-0.3, -0.25) is 19.2 Å². The van der Waals surface area contributed by atoms with Crippen molar-refractivity contribution in [1.82, 2.24) is 0 Å². The Morgan fingerprint density at radius 3 is 1.58 bits per heavy atom. The van der Waals surface area contributed by atoms with Crippen LogP contribution in [0.15, 0.2) is 0 Å². The summed E-state index contributed by atoms with van der Waals surface area (Å²) in [5.74, 6) is -2.61. The Morgan fingerprint density at radius 1 is 0.750 bits per heavy atom. The average Bonchev–Trinajstić information content (AvgIpc) is 2.45. The van der Waals surface area contributed by atoms with Crippen molar-refractivity contribution >= 4 is 23.9 Å². The molecule has 4 unspecified atom stereocenters. The summed E-state index contributed by atoms with van der Waals surface area (Å²) in [6.07, 6.45) is -2.41. The number of hydrogen-bond donors (Lipinski definition) is 0. The minimum atomic E-state index is -1.09. The van der Waals surface area contributed by atoms with Crippen LogP contribution >= 0.6 is 0 Å². The molecule has 8 heteroatoms. The molecule has 0 fully saturated rings. The van der Waals surface area contributed by atoms with Crippen molar-refractivity contribution in [2.45, 2.75) is 66.3 Å². The first kappa shape index (κ1) is 21.9. The topological polar surface area (TPSA) is 105 Å². The molecule has 0 aliphatic rings. The van der Waals surface area contributed by atoms with Crippen molar-refractivity contribution in [3.05, 3.63) is 0 Å². The van der Waals surface area contributed by atoms with Crippen LogP contribution in [0.3, 0.4) is 0 Å². The summed E-state index contributed by atoms with van der Waals surface area (Å²) in [6.45, 7) is 8.15. The third kappa shape index (κ3) is 8.50. The normalized spacial score (nSPS) is 15.4. The van der Waals surface area contributed by atoms with E-state index in [0.29, 0.717) is 6.42 Å². The molecule has 24 heavy (non-hydrogen) atoms. The maximum atomic E-state index is 11.5. The average molecular weight is 346 g/mol. The maximum absolute atomic E-state index is 11.5. The van der Waals surface area contributed by atoms with Gasteiger partial charge in [-0.25, -0.2) is 0 Å². The summed E-state index contributed by atoms with van der Waals surface area (Å²) in [5, 5.41) is 0. The Labute approximate surface area is 141 Å². The number of carbonyl (C=O) groups excluding carboxylic acids is 4. The van der Waals surface area contributed by atoms with Gasteiger partial charge in [-0.15, -0.1) is 0 Å². The zero-order valence-electron chi connectivity index (χ0n) is 15.0. The molecule has 0 radical (unpaired) electrons. The van der Waals surface area contributed by atoms with Gasteiger partial charge in [0, 0.05) is 27.7 Å². The van der Waals surface area contributed by atoms with E-state index in [1.54, 1.807) is 6.92 Å². The molecule has 0 N–H and O–H groups in total. The van der Waals surface area contributed by atoms with Crippen LogP contribution in [-0.2, 0) is 38.1 Å².